The van der Waals surface area contributed by atoms with Gasteiger partial charge in [0.1, 0.15) is 6.04 Å². The smallest absolute Gasteiger partial charge is 0.323 e. The topological polar surface area (TPSA) is 47.6 Å². The number of methoxy groups -OCH3 is 2. The Hall–Kier alpha value is -1.62. The summed E-state index contributed by atoms with van der Waals surface area (Å²) in [6.07, 6.45) is 0. The van der Waals surface area contributed by atoms with E-state index in [2.05, 4.69) is 5.32 Å². The van der Waals surface area contributed by atoms with E-state index in [9.17, 15) is 9.18 Å². The van der Waals surface area contributed by atoms with Gasteiger partial charge in [0.15, 0.2) is 11.6 Å². The lowest BCUT2D eigenvalue weighted by Gasteiger charge is -2.29. The van der Waals surface area contributed by atoms with Crippen molar-refractivity contribution in [3.63, 3.8) is 0 Å². The minimum atomic E-state index is -0.441. The van der Waals surface area contributed by atoms with Gasteiger partial charge < -0.3 is 9.47 Å². The molecule has 0 aliphatic carbocycles. The molecule has 0 aliphatic rings. The van der Waals surface area contributed by atoms with Gasteiger partial charge in [-0.05, 0) is 23.1 Å². The highest BCUT2D eigenvalue weighted by atomic mass is 19.1. The van der Waals surface area contributed by atoms with E-state index in [1.807, 2.05) is 20.8 Å². The number of carbonyl (C=O) groups is 1. The molecule has 1 N–H and O–H groups in total. The number of ether oxygens (including phenoxy) is 2. The molecule has 0 aliphatic heterocycles. The fraction of sp³-hybridized carbons (Fsp3) is 0.533. The molecule has 0 saturated heterocycles. The van der Waals surface area contributed by atoms with Crippen LogP contribution < -0.4 is 10.1 Å². The van der Waals surface area contributed by atoms with E-state index in [4.69, 9.17) is 9.47 Å². The molecule has 0 unspecified atom stereocenters. The fourth-order valence-corrected chi connectivity index (χ4v) is 1.89. The second-order valence-electron chi connectivity index (χ2n) is 5.67. The molecule has 0 spiro atoms. The van der Waals surface area contributed by atoms with Crippen LogP contribution in [0.15, 0.2) is 18.2 Å². The van der Waals surface area contributed by atoms with Crippen molar-refractivity contribution in [1.82, 2.24) is 5.32 Å². The summed E-state index contributed by atoms with van der Waals surface area (Å²) in [6, 6.07) is 4.17. The number of carbonyl (C=O) groups excluding carboxylic acids is 1. The van der Waals surface area contributed by atoms with Crippen LogP contribution in [0, 0.1) is 11.2 Å². The lowest BCUT2D eigenvalue weighted by Crippen LogP contribution is -2.46. The van der Waals surface area contributed by atoms with Gasteiger partial charge in [-0.2, -0.15) is 0 Å². The minimum absolute atomic E-state index is 0.190. The van der Waals surface area contributed by atoms with Crippen LogP contribution in [-0.2, 0) is 16.1 Å². The summed E-state index contributed by atoms with van der Waals surface area (Å²) in [5.74, 6) is -0.530. The molecule has 0 aromatic heterocycles. The van der Waals surface area contributed by atoms with Gasteiger partial charge in [-0.1, -0.05) is 26.8 Å². The molecule has 112 valence electrons. The summed E-state index contributed by atoms with van der Waals surface area (Å²) < 4.78 is 23.1. The molecule has 4 nitrogen and oxygen atoms in total. The van der Waals surface area contributed by atoms with Gasteiger partial charge in [0.05, 0.1) is 14.2 Å². The van der Waals surface area contributed by atoms with Gasteiger partial charge in [0.25, 0.3) is 0 Å². The number of hydrogen-bond donors (Lipinski definition) is 1. The van der Waals surface area contributed by atoms with E-state index in [1.165, 1.54) is 20.3 Å². The van der Waals surface area contributed by atoms with Crippen molar-refractivity contribution in [2.24, 2.45) is 5.41 Å². The third-order valence-corrected chi connectivity index (χ3v) is 3.03. The Balaban J connectivity index is 2.80. The molecule has 1 rings (SSSR count). The molecule has 1 aromatic carbocycles. The molecular weight excluding hydrogens is 261 g/mol. The van der Waals surface area contributed by atoms with Crippen LogP contribution in [0.25, 0.3) is 0 Å². The van der Waals surface area contributed by atoms with Crippen LogP contribution in [-0.4, -0.2) is 26.2 Å². The van der Waals surface area contributed by atoms with Crippen molar-refractivity contribution in [2.75, 3.05) is 14.2 Å². The van der Waals surface area contributed by atoms with Crippen molar-refractivity contribution >= 4 is 5.97 Å². The van der Waals surface area contributed by atoms with E-state index < -0.39 is 11.9 Å². The molecule has 0 heterocycles. The highest BCUT2D eigenvalue weighted by Gasteiger charge is 2.31. The van der Waals surface area contributed by atoms with E-state index in [1.54, 1.807) is 12.1 Å². The van der Waals surface area contributed by atoms with Crippen LogP contribution in [0.5, 0.6) is 5.75 Å². The molecule has 0 saturated carbocycles. The second-order valence-corrected chi connectivity index (χ2v) is 5.67. The number of benzene rings is 1. The Kier molecular flexibility index (Phi) is 5.51. The summed E-state index contributed by atoms with van der Waals surface area (Å²) in [5.41, 5.74) is 0.554. The van der Waals surface area contributed by atoms with Crippen LogP contribution in [0.4, 0.5) is 4.39 Å². The van der Waals surface area contributed by atoms with Crippen LogP contribution in [0.3, 0.4) is 0 Å². The monoisotopic (exact) mass is 283 g/mol. The third-order valence-electron chi connectivity index (χ3n) is 3.03. The van der Waals surface area contributed by atoms with E-state index in [0.717, 1.165) is 5.56 Å². The zero-order valence-corrected chi connectivity index (χ0v) is 12.6. The standard InChI is InChI=1S/C15H22FNO3/c1-15(2,3)13(14(18)20-5)17-9-10-6-7-11(16)12(8-10)19-4/h6-8,13,17H,9H2,1-5H3/t13-/m1/s1. The quantitative estimate of drug-likeness (QED) is 0.844. The van der Waals surface area contributed by atoms with Crippen molar-refractivity contribution in [3.8, 4) is 5.75 Å². The number of rotatable bonds is 5. The van der Waals surface area contributed by atoms with Crippen molar-refractivity contribution < 1.29 is 18.7 Å². The number of esters is 1. The number of halogens is 1. The highest BCUT2D eigenvalue weighted by Crippen LogP contribution is 2.22. The SMILES string of the molecule is COC(=O)[C@@H](NCc1ccc(F)c(OC)c1)C(C)(C)C. The summed E-state index contributed by atoms with van der Waals surface area (Å²) in [5, 5.41) is 3.14. The van der Waals surface area contributed by atoms with Crippen molar-refractivity contribution in [3.05, 3.63) is 29.6 Å². The van der Waals surface area contributed by atoms with Crippen LogP contribution >= 0.6 is 0 Å². The predicted octanol–water partition coefficient (Wildman–Crippen LogP) is 2.51. The molecule has 0 radical (unpaired) electrons. The first-order valence-corrected chi connectivity index (χ1v) is 6.43. The van der Waals surface area contributed by atoms with Crippen LogP contribution in [0.1, 0.15) is 26.3 Å². The number of hydrogen-bond acceptors (Lipinski definition) is 4. The Morgan fingerprint density at radius 2 is 2.00 bits per heavy atom. The van der Waals surface area contributed by atoms with Gasteiger partial charge >= 0.3 is 5.97 Å². The summed E-state index contributed by atoms with van der Waals surface area (Å²) in [4.78, 5) is 11.8. The fourth-order valence-electron chi connectivity index (χ4n) is 1.89. The average Bonchev–Trinajstić information content (AvgIpc) is 2.38. The normalized spacial score (nSPS) is 12.9. The maximum absolute atomic E-state index is 13.3. The lowest BCUT2D eigenvalue weighted by molar-refractivity contribution is -0.146. The summed E-state index contributed by atoms with van der Waals surface area (Å²) in [6.45, 7) is 6.28. The lowest BCUT2D eigenvalue weighted by atomic mass is 9.86. The van der Waals surface area contributed by atoms with Gasteiger partial charge in [0, 0.05) is 6.54 Å². The second kappa shape index (κ2) is 6.70. The van der Waals surface area contributed by atoms with Gasteiger partial charge in [-0.15, -0.1) is 0 Å². The molecule has 0 bridgehead atoms. The Bertz CT molecular complexity index is 469. The van der Waals surface area contributed by atoms with Crippen LogP contribution in [0.2, 0.25) is 0 Å². The Labute approximate surface area is 119 Å². The van der Waals surface area contributed by atoms with Gasteiger partial charge in [-0.25, -0.2) is 4.39 Å². The van der Waals surface area contributed by atoms with E-state index in [-0.39, 0.29) is 17.1 Å². The molecule has 0 amide bonds. The molecule has 1 atom stereocenters. The van der Waals surface area contributed by atoms with Gasteiger partial charge in [-0.3, -0.25) is 10.1 Å². The molecule has 0 fully saturated rings. The number of nitrogens with one attached hydrogen (secondary N) is 1. The molecular formula is C15H22FNO3. The van der Waals surface area contributed by atoms with Crippen molar-refractivity contribution in [2.45, 2.75) is 33.4 Å². The first kappa shape index (κ1) is 16.4. The van der Waals surface area contributed by atoms with E-state index >= 15 is 0 Å². The molecule has 1 aromatic rings. The average molecular weight is 283 g/mol. The predicted molar refractivity (Wildman–Crippen MR) is 75.1 cm³/mol. The van der Waals surface area contributed by atoms with E-state index in [0.29, 0.717) is 6.54 Å². The Morgan fingerprint density at radius 1 is 1.35 bits per heavy atom. The largest absolute Gasteiger partial charge is 0.494 e. The maximum Gasteiger partial charge on any atom is 0.323 e. The highest BCUT2D eigenvalue weighted by molar-refractivity contribution is 5.76. The molecule has 5 heteroatoms. The van der Waals surface area contributed by atoms with Crippen molar-refractivity contribution in [1.29, 1.82) is 0 Å². The zero-order valence-electron chi connectivity index (χ0n) is 12.6. The summed E-state index contributed by atoms with van der Waals surface area (Å²) >= 11 is 0. The first-order chi connectivity index (χ1) is 9.29. The first-order valence-electron chi connectivity index (χ1n) is 6.43. The molecule has 20 heavy (non-hydrogen) atoms. The summed E-state index contributed by atoms with van der Waals surface area (Å²) in [7, 11) is 2.78. The Morgan fingerprint density at radius 3 is 2.50 bits per heavy atom. The third kappa shape index (κ3) is 4.20. The zero-order chi connectivity index (χ0) is 15.3. The minimum Gasteiger partial charge on any atom is -0.494 e. The maximum atomic E-state index is 13.3. The van der Waals surface area contributed by atoms with Gasteiger partial charge in [0.2, 0.25) is 0 Å².